The lowest BCUT2D eigenvalue weighted by atomic mass is 10.1. The second-order valence-corrected chi connectivity index (χ2v) is 8.60. The van der Waals surface area contributed by atoms with E-state index < -0.39 is 23.7 Å². The van der Waals surface area contributed by atoms with Crippen molar-refractivity contribution in [3.8, 4) is 11.3 Å². The molecule has 0 bridgehead atoms. The number of carbonyl (C=O) groups excluding carboxylic acids is 2. The molecule has 3 aromatic heterocycles. The van der Waals surface area contributed by atoms with Gasteiger partial charge in [-0.25, -0.2) is 9.97 Å². The summed E-state index contributed by atoms with van der Waals surface area (Å²) in [6.07, 6.45) is 2.82. The number of aryl methyl sites for hydroxylation is 1. The Bertz CT molecular complexity index is 1530. The number of imidazole rings is 1. The number of fused-ring (bicyclic) bond motifs is 1. The van der Waals surface area contributed by atoms with Gasteiger partial charge in [-0.05, 0) is 38.1 Å². The number of carbonyl (C=O) groups is 2. The van der Waals surface area contributed by atoms with Crippen LogP contribution < -0.4 is 10.6 Å². The van der Waals surface area contributed by atoms with Gasteiger partial charge in [-0.2, -0.15) is 13.2 Å². The highest BCUT2D eigenvalue weighted by atomic mass is 19.4. The van der Waals surface area contributed by atoms with Crippen LogP contribution >= 0.6 is 0 Å². The molecule has 0 spiro atoms. The van der Waals surface area contributed by atoms with Gasteiger partial charge in [-0.15, -0.1) is 0 Å². The highest BCUT2D eigenvalue weighted by Gasteiger charge is 2.31. The Morgan fingerprint density at radius 2 is 1.87 bits per heavy atom. The van der Waals surface area contributed by atoms with Crippen molar-refractivity contribution < 1.29 is 27.5 Å². The maximum absolute atomic E-state index is 13.0. The Morgan fingerprint density at radius 3 is 2.56 bits per heavy atom. The van der Waals surface area contributed by atoms with Crippen LogP contribution in [0.25, 0.3) is 16.8 Å². The largest absolute Gasteiger partial charge is 0.416 e. The number of hydrogen-bond donors (Lipinski definition) is 2. The lowest BCUT2D eigenvalue weighted by Gasteiger charge is -2.11. The first-order chi connectivity index (χ1) is 18.6. The molecule has 4 aromatic rings. The van der Waals surface area contributed by atoms with Crippen LogP contribution in [0.3, 0.4) is 0 Å². The first-order valence-electron chi connectivity index (χ1n) is 11.8. The van der Waals surface area contributed by atoms with Crippen molar-refractivity contribution >= 4 is 23.1 Å². The minimum Gasteiger partial charge on any atom is -0.381 e. The van der Waals surface area contributed by atoms with Crippen molar-refractivity contribution in [1.82, 2.24) is 24.7 Å². The Balaban J connectivity index is 1.59. The number of anilines is 1. The highest BCUT2D eigenvalue weighted by Crippen LogP contribution is 2.31. The number of hydrogen-bond acceptors (Lipinski definition) is 6. The zero-order chi connectivity index (χ0) is 28.2. The minimum atomic E-state index is -4.55. The van der Waals surface area contributed by atoms with Gasteiger partial charge in [-0.1, -0.05) is 18.2 Å². The van der Waals surface area contributed by atoms with E-state index in [2.05, 4.69) is 20.6 Å². The fourth-order valence-electron chi connectivity index (χ4n) is 3.95. The predicted molar refractivity (Wildman–Crippen MR) is 138 cm³/mol. The van der Waals surface area contributed by atoms with E-state index in [4.69, 9.17) is 9.72 Å². The van der Waals surface area contributed by atoms with Crippen LogP contribution in [0.15, 0.2) is 67.1 Å². The third kappa shape index (κ3) is 6.29. The summed E-state index contributed by atoms with van der Waals surface area (Å²) in [5.41, 5.74) is 2.03. The van der Waals surface area contributed by atoms with E-state index in [0.717, 1.165) is 23.8 Å². The van der Waals surface area contributed by atoms with E-state index in [9.17, 15) is 22.8 Å². The Labute approximate surface area is 221 Å². The normalized spacial score (nSPS) is 12.6. The fourth-order valence-corrected chi connectivity index (χ4v) is 3.95. The van der Waals surface area contributed by atoms with Crippen molar-refractivity contribution in [3.63, 3.8) is 0 Å². The lowest BCUT2D eigenvalue weighted by molar-refractivity contribution is -0.137. The maximum atomic E-state index is 13.0. The molecule has 1 aromatic carbocycles. The number of aromatic nitrogens is 4. The van der Waals surface area contributed by atoms with E-state index in [1.807, 2.05) is 18.2 Å². The zero-order valence-electron chi connectivity index (χ0n) is 21.3. The van der Waals surface area contributed by atoms with Gasteiger partial charge in [0.15, 0.2) is 0 Å². The molecule has 0 radical (unpaired) electrons. The summed E-state index contributed by atoms with van der Waals surface area (Å²) in [6, 6.07) is 7.61. The number of nitrogens with one attached hydrogen (secondary N) is 2. The smallest absolute Gasteiger partial charge is 0.381 e. The van der Waals surface area contributed by atoms with Crippen LogP contribution in [0.2, 0.25) is 0 Å². The molecule has 0 aliphatic heterocycles. The van der Waals surface area contributed by atoms with Gasteiger partial charge < -0.3 is 15.4 Å². The quantitative estimate of drug-likeness (QED) is 0.313. The van der Waals surface area contributed by atoms with Gasteiger partial charge in [-0.3, -0.25) is 19.0 Å². The van der Waals surface area contributed by atoms with E-state index in [-0.39, 0.29) is 17.3 Å². The van der Waals surface area contributed by atoms with Gasteiger partial charge in [0.2, 0.25) is 5.91 Å². The first kappa shape index (κ1) is 27.5. The number of pyridine rings is 1. The van der Waals surface area contributed by atoms with Crippen LogP contribution in [0.4, 0.5) is 19.0 Å². The topological polar surface area (TPSA) is 111 Å². The van der Waals surface area contributed by atoms with Crippen LogP contribution in [0.5, 0.6) is 0 Å². The molecule has 0 saturated carbocycles. The summed E-state index contributed by atoms with van der Waals surface area (Å²) in [4.78, 5) is 37.9. The van der Waals surface area contributed by atoms with E-state index >= 15 is 0 Å². The van der Waals surface area contributed by atoms with Crippen LogP contribution in [0.1, 0.15) is 40.4 Å². The molecule has 3 heterocycles. The van der Waals surface area contributed by atoms with Crippen molar-refractivity contribution in [2.45, 2.75) is 26.1 Å². The molecule has 39 heavy (non-hydrogen) atoms. The summed E-state index contributed by atoms with van der Waals surface area (Å²) >= 11 is 0. The van der Waals surface area contributed by atoms with Gasteiger partial charge in [0, 0.05) is 42.9 Å². The molecule has 12 heteroatoms. The summed E-state index contributed by atoms with van der Waals surface area (Å²) in [6.45, 7) is 3.96. The Morgan fingerprint density at radius 1 is 1.13 bits per heavy atom. The van der Waals surface area contributed by atoms with Crippen molar-refractivity contribution in [2.75, 3.05) is 19.0 Å². The van der Waals surface area contributed by atoms with Crippen LogP contribution in [-0.2, 0) is 15.7 Å². The Hall–Kier alpha value is -4.58. The molecule has 1 unspecified atom stereocenters. The Kier molecular flexibility index (Phi) is 8.05. The van der Waals surface area contributed by atoms with Crippen LogP contribution in [-0.4, -0.2) is 44.9 Å². The average molecular weight is 539 g/mol. The number of amides is 2. The number of ether oxygens (including phenoxy) is 1. The molecule has 0 fully saturated rings. The fraction of sp³-hybridized carbons (Fsp3) is 0.222. The molecule has 4 rings (SSSR count). The number of alkyl halides is 3. The molecule has 9 nitrogen and oxygen atoms in total. The van der Waals surface area contributed by atoms with E-state index in [1.54, 1.807) is 42.7 Å². The number of nitrogens with zero attached hydrogens (tertiary/aromatic N) is 4. The molecular weight excluding hydrogens is 513 g/mol. The molecule has 2 amide bonds. The summed E-state index contributed by atoms with van der Waals surface area (Å²) in [7, 11) is 1.53. The predicted octanol–water partition coefficient (Wildman–Crippen LogP) is 4.75. The molecular formula is C27H25F3N6O3. The summed E-state index contributed by atoms with van der Waals surface area (Å²) < 4.78 is 45.7. The second kappa shape index (κ2) is 11.4. The van der Waals surface area contributed by atoms with Gasteiger partial charge in [0.1, 0.15) is 11.6 Å². The standard InChI is InChI=1S/C27H25F3N6O3/c1-16-24-23(35-25(36(24)13-12-31-16)17(2)33-22(37)5-4-14-39-3)18-6-8-19(9-7-18)26(38)34-21-15-20(10-11-32-21)27(28,29)30/h4-13,15,17H,14H2,1-3H3,(H,33,37)(H,32,34,38)/b5-4+. The molecule has 1 atom stereocenters. The molecule has 202 valence electrons. The number of benzene rings is 1. The number of rotatable bonds is 8. The number of methoxy groups -OCH3 is 1. The van der Waals surface area contributed by atoms with Gasteiger partial charge >= 0.3 is 6.18 Å². The van der Waals surface area contributed by atoms with E-state index in [1.165, 1.54) is 13.2 Å². The monoisotopic (exact) mass is 538 g/mol. The zero-order valence-corrected chi connectivity index (χ0v) is 21.3. The van der Waals surface area contributed by atoms with Gasteiger partial charge in [0.25, 0.3) is 5.91 Å². The van der Waals surface area contributed by atoms with Crippen molar-refractivity contribution in [2.24, 2.45) is 0 Å². The van der Waals surface area contributed by atoms with Crippen molar-refractivity contribution in [1.29, 1.82) is 0 Å². The van der Waals surface area contributed by atoms with E-state index in [0.29, 0.717) is 29.4 Å². The second-order valence-electron chi connectivity index (χ2n) is 8.60. The summed E-state index contributed by atoms with van der Waals surface area (Å²) in [5, 5.41) is 5.27. The van der Waals surface area contributed by atoms with Crippen LogP contribution in [0, 0.1) is 6.92 Å². The molecule has 0 aliphatic rings. The number of halogens is 3. The molecule has 2 N–H and O–H groups in total. The highest BCUT2D eigenvalue weighted by molar-refractivity contribution is 6.04. The maximum Gasteiger partial charge on any atom is 0.416 e. The van der Waals surface area contributed by atoms with Crippen molar-refractivity contribution in [3.05, 3.63) is 89.8 Å². The molecule has 0 saturated heterocycles. The third-order valence-electron chi connectivity index (χ3n) is 5.79. The summed E-state index contributed by atoms with van der Waals surface area (Å²) in [5.74, 6) is -0.538. The SMILES string of the molecule is COC/C=C/C(=O)NC(C)c1nc(-c2ccc(C(=O)Nc3cc(C(F)(F)F)ccn3)cc2)c2c(C)nccn12. The van der Waals surface area contributed by atoms with Gasteiger partial charge in [0.05, 0.1) is 35.1 Å². The lowest BCUT2D eigenvalue weighted by Crippen LogP contribution is -2.26. The molecule has 0 aliphatic carbocycles. The average Bonchev–Trinajstić information content (AvgIpc) is 3.30. The third-order valence-corrected chi connectivity index (χ3v) is 5.79. The first-order valence-corrected chi connectivity index (χ1v) is 11.8. The minimum absolute atomic E-state index is 0.210.